The van der Waals surface area contributed by atoms with Crippen LogP contribution in [0.4, 0.5) is 5.69 Å². The average Bonchev–Trinajstić information content (AvgIpc) is 2.82. The third kappa shape index (κ3) is 8.55. The maximum atomic E-state index is 12.2. The predicted octanol–water partition coefficient (Wildman–Crippen LogP) is 1.93. The molecule has 0 saturated carbocycles. The highest BCUT2D eigenvalue weighted by Crippen LogP contribution is 2.27. The SMILES string of the molecule is COCCCNC(=O)C(=O)N/N=C\c1ccc(OCC(=O)Nc2ccc(C)c(C)c2)c(OC)c1. The molecule has 3 N–H and O–H groups in total. The second-order valence-electron chi connectivity index (χ2n) is 7.35. The third-order valence-electron chi connectivity index (χ3n) is 4.73. The lowest BCUT2D eigenvalue weighted by atomic mass is 10.1. The molecule has 0 saturated heterocycles. The Morgan fingerprint density at radius 3 is 2.47 bits per heavy atom. The van der Waals surface area contributed by atoms with E-state index < -0.39 is 11.8 Å². The number of benzene rings is 2. The highest BCUT2D eigenvalue weighted by atomic mass is 16.5. The summed E-state index contributed by atoms with van der Waals surface area (Å²) in [5.74, 6) is -1.22. The number of hydrogen-bond donors (Lipinski definition) is 3. The maximum absolute atomic E-state index is 12.2. The average molecular weight is 471 g/mol. The molecule has 0 aromatic heterocycles. The minimum Gasteiger partial charge on any atom is -0.493 e. The Labute approximate surface area is 198 Å². The predicted molar refractivity (Wildman–Crippen MR) is 128 cm³/mol. The number of methoxy groups -OCH3 is 2. The Kier molecular flexibility index (Phi) is 10.5. The number of hydrazone groups is 1. The molecule has 0 radical (unpaired) electrons. The Balaban J connectivity index is 1.87. The quantitative estimate of drug-likeness (QED) is 0.199. The molecular weight excluding hydrogens is 440 g/mol. The zero-order valence-electron chi connectivity index (χ0n) is 19.8. The van der Waals surface area contributed by atoms with Crippen LogP contribution in [0.25, 0.3) is 0 Å². The van der Waals surface area contributed by atoms with Crippen LogP contribution in [0.2, 0.25) is 0 Å². The molecule has 2 aromatic carbocycles. The number of carbonyl (C=O) groups excluding carboxylic acids is 3. The summed E-state index contributed by atoms with van der Waals surface area (Å²) in [6.45, 7) is 4.58. The van der Waals surface area contributed by atoms with Crippen molar-refractivity contribution in [3.63, 3.8) is 0 Å². The molecule has 0 fully saturated rings. The molecule has 0 unspecified atom stereocenters. The Morgan fingerprint density at radius 2 is 1.76 bits per heavy atom. The van der Waals surface area contributed by atoms with Crippen molar-refractivity contribution in [2.75, 3.05) is 39.3 Å². The first-order chi connectivity index (χ1) is 16.3. The summed E-state index contributed by atoms with van der Waals surface area (Å²) in [5.41, 5.74) is 5.66. The first kappa shape index (κ1) is 26.3. The molecule has 0 atom stereocenters. The van der Waals surface area contributed by atoms with Gasteiger partial charge in [0.25, 0.3) is 5.91 Å². The third-order valence-corrected chi connectivity index (χ3v) is 4.73. The summed E-state index contributed by atoms with van der Waals surface area (Å²) in [7, 11) is 3.02. The van der Waals surface area contributed by atoms with Crippen molar-refractivity contribution in [3.05, 3.63) is 53.1 Å². The Hall–Kier alpha value is -3.92. The van der Waals surface area contributed by atoms with Gasteiger partial charge >= 0.3 is 11.8 Å². The van der Waals surface area contributed by atoms with Crippen LogP contribution in [0.3, 0.4) is 0 Å². The summed E-state index contributed by atoms with van der Waals surface area (Å²) in [5, 5.41) is 9.03. The van der Waals surface area contributed by atoms with E-state index in [9.17, 15) is 14.4 Å². The van der Waals surface area contributed by atoms with E-state index in [4.69, 9.17) is 14.2 Å². The lowest BCUT2D eigenvalue weighted by Gasteiger charge is -2.12. The Bertz CT molecular complexity index is 1040. The first-order valence-electron chi connectivity index (χ1n) is 10.6. The van der Waals surface area contributed by atoms with E-state index in [0.29, 0.717) is 42.3 Å². The standard InChI is InChI=1S/C24H30N4O6/c1-16-6-8-19(12-17(16)2)27-22(29)15-34-20-9-7-18(13-21(20)33-4)14-26-28-24(31)23(30)25-10-5-11-32-3/h6-9,12-14H,5,10-11,15H2,1-4H3,(H,25,30)(H,27,29)(H,28,31)/b26-14-. The van der Waals surface area contributed by atoms with Gasteiger partial charge in [-0.05, 0) is 67.3 Å². The number of nitrogens with zero attached hydrogens (tertiary/aromatic N) is 1. The van der Waals surface area contributed by atoms with Crippen molar-refractivity contribution in [2.45, 2.75) is 20.3 Å². The summed E-state index contributed by atoms with van der Waals surface area (Å²) < 4.78 is 15.8. The fourth-order valence-corrected chi connectivity index (χ4v) is 2.76. The van der Waals surface area contributed by atoms with Gasteiger partial charge in [-0.25, -0.2) is 5.43 Å². The molecule has 2 aromatic rings. The van der Waals surface area contributed by atoms with Crippen LogP contribution in [0.5, 0.6) is 11.5 Å². The molecule has 0 spiro atoms. The van der Waals surface area contributed by atoms with Crippen LogP contribution < -0.4 is 25.5 Å². The molecule has 10 heteroatoms. The van der Waals surface area contributed by atoms with Crippen molar-refractivity contribution >= 4 is 29.6 Å². The van der Waals surface area contributed by atoms with E-state index in [1.165, 1.54) is 13.3 Å². The topological polar surface area (TPSA) is 127 Å². The number of carbonyl (C=O) groups is 3. The normalized spacial score (nSPS) is 10.6. The van der Waals surface area contributed by atoms with Gasteiger partial charge in [-0.2, -0.15) is 5.10 Å². The molecule has 182 valence electrons. The van der Waals surface area contributed by atoms with Crippen LogP contribution in [-0.4, -0.2) is 57.9 Å². The number of hydrogen-bond acceptors (Lipinski definition) is 7. The van der Waals surface area contributed by atoms with Gasteiger partial charge in [0, 0.05) is 25.9 Å². The Morgan fingerprint density at radius 1 is 0.971 bits per heavy atom. The van der Waals surface area contributed by atoms with E-state index in [0.717, 1.165) is 11.1 Å². The summed E-state index contributed by atoms with van der Waals surface area (Å²) in [6, 6.07) is 10.6. The van der Waals surface area contributed by atoms with Crippen molar-refractivity contribution in [1.82, 2.24) is 10.7 Å². The van der Waals surface area contributed by atoms with Gasteiger partial charge in [-0.15, -0.1) is 0 Å². The fourth-order valence-electron chi connectivity index (χ4n) is 2.76. The molecule has 0 bridgehead atoms. The molecular formula is C24H30N4O6. The zero-order valence-corrected chi connectivity index (χ0v) is 19.8. The lowest BCUT2D eigenvalue weighted by Crippen LogP contribution is -2.38. The lowest BCUT2D eigenvalue weighted by molar-refractivity contribution is -0.139. The summed E-state index contributed by atoms with van der Waals surface area (Å²) in [6.07, 6.45) is 1.95. The smallest absolute Gasteiger partial charge is 0.329 e. The minimum atomic E-state index is -0.879. The summed E-state index contributed by atoms with van der Waals surface area (Å²) in [4.78, 5) is 35.6. The minimum absolute atomic E-state index is 0.202. The monoisotopic (exact) mass is 470 g/mol. The van der Waals surface area contributed by atoms with Crippen LogP contribution in [0.1, 0.15) is 23.1 Å². The van der Waals surface area contributed by atoms with Crippen molar-refractivity contribution < 1.29 is 28.6 Å². The van der Waals surface area contributed by atoms with Gasteiger partial charge in [0.2, 0.25) is 0 Å². The van der Waals surface area contributed by atoms with Crippen LogP contribution in [-0.2, 0) is 19.1 Å². The number of nitrogens with one attached hydrogen (secondary N) is 3. The highest BCUT2D eigenvalue weighted by molar-refractivity contribution is 6.35. The first-order valence-corrected chi connectivity index (χ1v) is 10.6. The molecule has 0 aliphatic heterocycles. The van der Waals surface area contributed by atoms with Crippen molar-refractivity contribution in [2.24, 2.45) is 5.10 Å². The number of rotatable bonds is 11. The van der Waals surface area contributed by atoms with Crippen molar-refractivity contribution in [1.29, 1.82) is 0 Å². The fraction of sp³-hybridized carbons (Fsp3) is 0.333. The van der Waals surface area contributed by atoms with Gasteiger partial charge in [-0.1, -0.05) is 6.07 Å². The zero-order chi connectivity index (χ0) is 24.9. The van der Waals surface area contributed by atoms with E-state index in [1.807, 2.05) is 32.0 Å². The number of ether oxygens (including phenoxy) is 3. The molecule has 0 aliphatic carbocycles. The second kappa shape index (κ2) is 13.6. The van der Waals surface area contributed by atoms with Gasteiger partial charge in [0.1, 0.15) is 0 Å². The summed E-state index contributed by atoms with van der Waals surface area (Å²) >= 11 is 0. The molecule has 34 heavy (non-hydrogen) atoms. The van der Waals surface area contributed by atoms with E-state index in [-0.39, 0.29) is 12.5 Å². The molecule has 0 aliphatic rings. The van der Waals surface area contributed by atoms with Gasteiger partial charge < -0.3 is 24.8 Å². The number of anilines is 1. The number of aryl methyl sites for hydroxylation is 2. The highest BCUT2D eigenvalue weighted by Gasteiger charge is 2.12. The number of amides is 3. The maximum Gasteiger partial charge on any atom is 0.329 e. The molecule has 10 nitrogen and oxygen atoms in total. The van der Waals surface area contributed by atoms with Crippen molar-refractivity contribution in [3.8, 4) is 11.5 Å². The van der Waals surface area contributed by atoms with Crippen LogP contribution >= 0.6 is 0 Å². The van der Waals surface area contributed by atoms with Crippen LogP contribution in [0, 0.1) is 13.8 Å². The molecule has 0 heterocycles. The van der Waals surface area contributed by atoms with Gasteiger partial charge in [0.05, 0.1) is 13.3 Å². The van der Waals surface area contributed by atoms with E-state index in [1.54, 1.807) is 25.3 Å². The van der Waals surface area contributed by atoms with E-state index in [2.05, 4.69) is 21.2 Å². The van der Waals surface area contributed by atoms with Gasteiger partial charge in [0.15, 0.2) is 18.1 Å². The molecule has 2 rings (SSSR count). The molecule has 3 amide bonds. The largest absolute Gasteiger partial charge is 0.493 e. The van der Waals surface area contributed by atoms with E-state index >= 15 is 0 Å². The van der Waals surface area contributed by atoms with Crippen LogP contribution in [0.15, 0.2) is 41.5 Å². The van der Waals surface area contributed by atoms with Gasteiger partial charge in [-0.3, -0.25) is 14.4 Å². The second-order valence-corrected chi connectivity index (χ2v) is 7.35.